The SMILES string of the molecule is NC(=O)c1c(NC(=O)COc2c(Cl)c(Cl)c(Cl)c(Cl)c2Cl)sc2c1CCC2. The predicted molar refractivity (Wildman–Crippen MR) is 110 cm³/mol. The molecule has 1 aromatic carbocycles. The number of halogens is 5. The van der Waals surface area contributed by atoms with E-state index >= 15 is 0 Å². The first kappa shape index (κ1) is 20.8. The highest BCUT2D eigenvalue weighted by molar-refractivity contribution is 7.17. The summed E-state index contributed by atoms with van der Waals surface area (Å²) in [5, 5.41) is 2.86. The number of hydrogen-bond acceptors (Lipinski definition) is 4. The Balaban J connectivity index is 1.76. The zero-order chi connectivity index (χ0) is 19.9. The van der Waals surface area contributed by atoms with Gasteiger partial charge in [-0.2, -0.15) is 0 Å². The van der Waals surface area contributed by atoms with Crippen molar-refractivity contribution in [2.45, 2.75) is 19.3 Å². The van der Waals surface area contributed by atoms with Crippen LogP contribution in [0.4, 0.5) is 5.00 Å². The maximum atomic E-state index is 12.3. The van der Waals surface area contributed by atoms with Crippen LogP contribution >= 0.6 is 69.3 Å². The van der Waals surface area contributed by atoms with Crippen molar-refractivity contribution in [3.8, 4) is 5.75 Å². The largest absolute Gasteiger partial charge is 0.481 e. The van der Waals surface area contributed by atoms with Gasteiger partial charge in [-0.05, 0) is 24.8 Å². The number of aryl methyl sites for hydroxylation is 1. The maximum absolute atomic E-state index is 12.3. The molecule has 0 unspecified atom stereocenters. The van der Waals surface area contributed by atoms with E-state index in [0.29, 0.717) is 10.6 Å². The van der Waals surface area contributed by atoms with E-state index in [9.17, 15) is 9.59 Å². The van der Waals surface area contributed by atoms with E-state index in [1.807, 2.05) is 0 Å². The maximum Gasteiger partial charge on any atom is 0.262 e. The van der Waals surface area contributed by atoms with Gasteiger partial charge in [0.1, 0.15) is 15.0 Å². The lowest BCUT2D eigenvalue weighted by Gasteiger charge is -2.13. The fourth-order valence-electron chi connectivity index (χ4n) is 2.76. The Morgan fingerprint density at radius 3 is 2.19 bits per heavy atom. The van der Waals surface area contributed by atoms with Gasteiger partial charge in [0.05, 0.1) is 20.6 Å². The van der Waals surface area contributed by atoms with E-state index in [1.165, 1.54) is 11.3 Å². The minimum Gasteiger partial charge on any atom is -0.481 e. The van der Waals surface area contributed by atoms with E-state index in [2.05, 4.69) is 5.32 Å². The number of fused-ring (bicyclic) bond motifs is 1. The lowest BCUT2D eigenvalue weighted by Crippen LogP contribution is -2.22. The van der Waals surface area contributed by atoms with Crippen molar-refractivity contribution in [2.75, 3.05) is 11.9 Å². The first-order valence-electron chi connectivity index (χ1n) is 7.60. The molecular weight excluding hydrogens is 478 g/mol. The van der Waals surface area contributed by atoms with Crippen LogP contribution in [0.5, 0.6) is 5.75 Å². The van der Waals surface area contributed by atoms with Crippen LogP contribution < -0.4 is 15.8 Å². The summed E-state index contributed by atoms with van der Waals surface area (Å²) in [5.74, 6) is -1.16. The molecule has 0 saturated heterocycles. The number of primary amides is 1. The molecule has 3 rings (SSSR count). The highest BCUT2D eigenvalue weighted by atomic mass is 35.5. The summed E-state index contributed by atoms with van der Waals surface area (Å²) in [4.78, 5) is 25.1. The Bertz CT molecular complexity index is 931. The molecule has 11 heteroatoms. The molecule has 144 valence electrons. The number of nitrogens with one attached hydrogen (secondary N) is 1. The molecule has 0 atom stereocenters. The first-order chi connectivity index (χ1) is 12.7. The van der Waals surface area contributed by atoms with Crippen LogP contribution in [-0.4, -0.2) is 18.4 Å². The Hall–Kier alpha value is -0.890. The van der Waals surface area contributed by atoms with Crippen LogP contribution in [0.25, 0.3) is 0 Å². The van der Waals surface area contributed by atoms with Gasteiger partial charge in [-0.1, -0.05) is 58.0 Å². The molecular formula is C16H11Cl5N2O3S. The molecule has 1 aliphatic rings. The van der Waals surface area contributed by atoms with Crippen molar-refractivity contribution < 1.29 is 14.3 Å². The predicted octanol–water partition coefficient (Wildman–Crippen LogP) is 5.62. The summed E-state index contributed by atoms with van der Waals surface area (Å²) in [6.45, 7) is -0.436. The molecule has 0 aliphatic heterocycles. The summed E-state index contributed by atoms with van der Waals surface area (Å²) in [6.07, 6.45) is 2.59. The summed E-state index contributed by atoms with van der Waals surface area (Å²) >= 11 is 31.3. The Morgan fingerprint density at radius 2 is 1.59 bits per heavy atom. The van der Waals surface area contributed by atoms with Gasteiger partial charge in [0.15, 0.2) is 12.4 Å². The van der Waals surface area contributed by atoms with E-state index in [1.54, 1.807) is 0 Å². The molecule has 0 fully saturated rings. The molecule has 2 amide bonds. The average molecular weight is 489 g/mol. The van der Waals surface area contributed by atoms with Crippen molar-refractivity contribution in [3.63, 3.8) is 0 Å². The molecule has 1 aromatic heterocycles. The summed E-state index contributed by atoms with van der Waals surface area (Å²) < 4.78 is 5.38. The Kier molecular flexibility index (Phi) is 6.35. The number of rotatable bonds is 5. The van der Waals surface area contributed by atoms with Gasteiger partial charge in [0.25, 0.3) is 11.8 Å². The van der Waals surface area contributed by atoms with Crippen molar-refractivity contribution in [3.05, 3.63) is 41.1 Å². The van der Waals surface area contributed by atoms with E-state index in [-0.39, 0.29) is 30.9 Å². The summed E-state index contributed by atoms with van der Waals surface area (Å²) in [5.41, 5.74) is 6.73. The monoisotopic (exact) mass is 486 g/mol. The zero-order valence-corrected chi connectivity index (χ0v) is 18.0. The highest BCUT2D eigenvalue weighted by Gasteiger charge is 2.26. The van der Waals surface area contributed by atoms with Crippen LogP contribution in [-0.2, 0) is 17.6 Å². The zero-order valence-electron chi connectivity index (χ0n) is 13.4. The number of carbonyl (C=O) groups excluding carboxylic acids is 2. The lowest BCUT2D eigenvalue weighted by atomic mass is 10.1. The quantitative estimate of drug-likeness (QED) is 0.423. The molecule has 0 bridgehead atoms. The third-order valence-electron chi connectivity index (χ3n) is 3.94. The van der Waals surface area contributed by atoms with Gasteiger partial charge in [0.2, 0.25) is 0 Å². The van der Waals surface area contributed by atoms with Gasteiger partial charge in [-0.15, -0.1) is 11.3 Å². The topological polar surface area (TPSA) is 81.4 Å². The van der Waals surface area contributed by atoms with Crippen molar-refractivity contribution >= 4 is 86.2 Å². The van der Waals surface area contributed by atoms with Crippen molar-refractivity contribution in [1.82, 2.24) is 0 Å². The van der Waals surface area contributed by atoms with Gasteiger partial charge in [-0.3, -0.25) is 9.59 Å². The van der Waals surface area contributed by atoms with Gasteiger partial charge < -0.3 is 15.8 Å². The number of ether oxygens (including phenoxy) is 1. The van der Waals surface area contributed by atoms with Crippen LogP contribution in [0.1, 0.15) is 27.2 Å². The minimum atomic E-state index is -0.576. The summed E-state index contributed by atoms with van der Waals surface area (Å²) in [7, 11) is 0. The molecule has 5 nitrogen and oxygen atoms in total. The van der Waals surface area contributed by atoms with E-state index in [4.69, 9.17) is 68.5 Å². The molecule has 0 radical (unpaired) electrons. The lowest BCUT2D eigenvalue weighted by molar-refractivity contribution is -0.118. The minimum absolute atomic E-state index is 0.00987. The van der Waals surface area contributed by atoms with Gasteiger partial charge in [-0.25, -0.2) is 0 Å². The van der Waals surface area contributed by atoms with Crippen molar-refractivity contribution in [1.29, 1.82) is 0 Å². The fraction of sp³-hybridized carbons (Fsp3) is 0.250. The summed E-state index contributed by atoms with van der Waals surface area (Å²) in [6, 6.07) is 0. The number of thiophene rings is 1. The molecule has 1 heterocycles. The first-order valence-corrected chi connectivity index (χ1v) is 10.3. The Labute approximate surface area is 183 Å². The number of benzene rings is 1. The van der Waals surface area contributed by atoms with E-state index in [0.717, 1.165) is 29.7 Å². The van der Waals surface area contributed by atoms with E-state index < -0.39 is 18.4 Å². The van der Waals surface area contributed by atoms with Gasteiger partial charge in [0, 0.05) is 4.88 Å². The number of carbonyl (C=O) groups is 2. The number of amides is 2. The average Bonchev–Trinajstić information content (AvgIpc) is 3.18. The second-order valence-electron chi connectivity index (χ2n) is 5.66. The molecule has 1 aliphatic carbocycles. The molecule has 0 saturated carbocycles. The highest BCUT2D eigenvalue weighted by Crippen LogP contribution is 2.48. The number of anilines is 1. The third kappa shape index (κ3) is 3.97. The molecule has 0 spiro atoms. The second-order valence-corrected chi connectivity index (χ2v) is 8.66. The van der Waals surface area contributed by atoms with Crippen LogP contribution in [0.2, 0.25) is 25.1 Å². The second kappa shape index (κ2) is 8.23. The standard InChI is InChI=1S/C16H11Cl5N2O3S/c17-9-10(18)12(20)14(13(21)11(9)19)26-4-7(24)23-16-8(15(22)25)5-2-1-3-6(5)27-16/h1-4H2,(H2,22,25)(H,23,24). The fourth-order valence-corrected chi connectivity index (χ4v) is 5.31. The number of nitrogens with two attached hydrogens (primary N) is 1. The third-order valence-corrected chi connectivity index (χ3v) is 7.39. The molecule has 2 aromatic rings. The smallest absolute Gasteiger partial charge is 0.262 e. The van der Waals surface area contributed by atoms with Crippen LogP contribution in [0, 0.1) is 0 Å². The van der Waals surface area contributed by atoms with Crippen LogP contribution in [0.3, 0.4) is 0 Å². The Morgan fingerprint density at radius 1 is 1.00 bits per heavy atom. The normalized spacial score (nSPS) is 12.8. The molecule has 27 heavy (non-hydrogen) atoms. The number of hydrogen-bond donors (Lipinski definition) is 2. The van der Waals surface area contributed by atoms with Gasteiger partial charge >= 0.3 is 0 Å². The van der Waals surface area contributed by atoms with Crippen molar-refractivity contribution in [2.24, 2.45) is 5.73 Å². The molecule has 3 N–H and O–H groups in total. The van der Waals surface area contributed by atoms with Crippen LogP contribution in [0.15, 0.2) is 0 Å².